The van der Waals surface area contributed by atoms with Crippen molar-refractivity contribution in [2.24, 2.45) is 5.92 Å². The number of amides is 1. The summed E-state index contributed by atoms with van der Waals surface area (Å²) in [5.74, 6) is 0.775. The van der Waals surface area contributed by atoms with Crippen molar-refractivity contribution in [1.29, 1.82) is 0 Å². The number of anilines is 1. The molecule has 5 nitrogen and oxygen atoms in total. The van der Waals surface area contributed by atoms with Gasteiger partial charge in [-0.25, -0.2) is 4.98 Å². The summed E-state index contributed by atoms with van der Waals surface area (Å²) in [6.07, 6.45) is 4.27. The number of morpholine rings is 1. The van der Waals surface area contributed by atoms with Crippen molar-refractivity contribution in [3.8, 4) is 0 Å². The van der Waals surface area contributed by atoms with Gasteiger partial charge < -0.3 is 15.4 Å². The Kier molecular flexibility index (Phi) is 6.20. The van der Waals surface area contributed by atoms with Gasteiger partial charge in [-0.05, 0) is 18.8 Å². The van der Waals surface area contributed by atoms with E-state index in [1.54, 1.807) is 0 Å². The highest BCUT2D eigenvalue weighted by atomic mass is 32.1. The van der Waals surface area contributed by atoms with Crippen molar-refractivity contribution in [1.82, 2.24) is 9.88 Å². The number of ether oxygens (including phenoxy) is 1. The van der Waals surface area contributed by atoms with Gasteiger partial charge in [0.05, 0.1) is 18.4 Å². The topological polar surface area (TPSA) is 68.5 Å². The third-order valence-corrected chi connectivity index (χ3v) is 4.89. The van der Waals surface area contributed by atoms with Gasteiger partial charge in [0.25, 0.3) is 5.91 Å². The number of rotatable bonds is 6. The largest absolute Gasteiger partial charge is 0.375 e. The van der Waals surface area contributed by atoms with E-state index in [4.69, 9.17) is 10.5 Å². The van der Waals surface area contributed by atoms with Crippen molar-refractivity contribution in [2.45, 2.75) is 52.6 Å². The van der Waals surface area contributed by atoms with Crippen molar-refractivity contribution in [3.05, 3.63) is 10.6 Å². The van der Waals surface area contributed by atoms with Crippen molar-refractivity contribution in [2.75, 3.05) is 25.4 Å². The van der Waals surface area contributed by atoms with Crippen LogP contribution in [-0.4, -0.2) is 41.6 Å². The summed E-state index contributed by atoms with van der Waals surface area (Å²) in [4.78, 5) is 19.6. The molecule has 6 heteroatoms. The summed E-state index contributed by atoms with van der Waals surface area (Å²) >= 11 is 1.30. The molecule has 0 aromatic carbocycles. The maximum atomic E-state index is 12.7. The van der Waals surface area contributed by atoms with Crippen LogP contribution >= 0.6 is 11.3 Å². The highest BCUT2D eigenvalue weighted by molar-refractivity contribution is 7.17. The Bertz CT molecular complexity index is 502. The SMILES string of the molecule is CCc1nc(N)sc1C(=O)N1CCOC(CCCC(C)C)C1. The lowest BCUT2D eigenvalue weighted by Gasteiger charge is -2.33. The lowest BCUT2D eigenvalue weighted by Crippen LogP contribution is -2.45. The monoisotopic (exact) mass is 325 g/mol. The van der Waals surface area contributed by atoms with E-state index in [2.05, 4.69) is 18.8 Å². The van der Waals surface area contributed by atoms with Crippen LogP contribution in [0.4, 0.5) is 5.13 Å². The van der Waals surface area contributed by atoms with Crippen LogP contribution < -0.4 is 5.73 Å². The molecule has 0 aliphatic carbocycles. The summed E-state index contributed by atoms with van der Waals surface area (Å²) in [6, 6.07) is 0. The van der Waals surface area contributed by atoms with Crippen molar-refractivity contribution >= 4 is 22.4 Å². The Morgan fingerprint density at radius 2 is 2.32 bits per heavy atom. The van der Waals surface area contributed by atoms with E-state index in [0.29, 0.717) is 35.6 Å². The van der Waals surface area contributed by atoms with Crippen LogP contribution in [0.2, 0.25) is 0 Å². The molecule has 1 atom stereocenters. The Balaban J connectivity index is 1.95. The smallest absolute Gasteiger partial charge is 0.266 e. The lowest BCUT2D eigenvalue weighted by molar-refractivity contribution is -0.0259. The van der Waals surface area contributed by atoms with Gasteiger partial charge in [-0.3, -0.25) is 4.79 Å². The molecule has 1 aromatic rings. The number of aryl methyl sites for hydroxylation is 1. The second-order valence-electron chi connectivity index (χ2n) is 6.25. The summed E-state index contributed by atoms with van der Waals surface area (Å²) in [6.45, 7) is 8.42. The van der Waals surface area contributed by atoms with Gasteiger partial charge in [0.15, 0.2) is 5.13 Å². The van der Waals surface area contributed by atoms with E-state index in [-0.39, 0.29) is 12.0 Å². The molecule has 1 aromatic heterocycles. The number of carbonyl (C=O) groups is 1. The molecule has 2 rings (SSSR count). The predicted molar refractivity (Wildman–Crippen MR) is 90.2 cm³/mol. The first-order chi connectivity index (χ1) is 10.5. The minimum atomic E-state index is 0.0585. The third kappa shape index (κ3) is 4.43. The fourth-order valence-corrected chi connectivity index (χ4v) is 3.64. The molecule has 2 N–H and O–H groups in total. The first kappa shape index (κ1) is 17.2. The second kappa shape index (κ2) is 7.92. The molecule has 0 radical (unpaired) electrons. The zero-order chi connectivity index (χ0) is 16.1. The first-order valence-corrected chi connectivity index (χ1v) is 8.99. The zero-order valence-electron chi connectivity index (χ0n) is 13.8. The fourth-order valence-electron chi connectivity index (χ4n) is 2.75. The minimum Gasteiger partial charge on any atom is -0.375 e. The van der Waals surface area contributed by atoms with Crippen molar-refractivity contribution in [3.63, 3.8) is 0 Å². The Morgan fingerprint density at radius 1 is 1.55 bits per heavy atom. The quantitative estimate of drug-likeness (QED) is 0.873. The van der Waals surface area contributed by atoms with E-state index < -0.39 is 0 Å². The van der Waals surface area contributed by atoms with Crippen molar-refractivity contribution < 1.29 is 9.53 Å². The maximum absolute atomic E-state index is 12.7. The average Bonchev–Trinajstić information content (AvgIpc) is 2.87. The molecule has 0 spiro atoms. The predicted octanol–water partition coefficient (Wildman–Crippen LogP) is 2.96. The summed E-state index contributed by atoms with van der Waals surface area (Å²) < 4.78 is 5.81. The maximum Gasteiger partial charge on any atom is 0.266 e. The van der Waals surface area contributed by atoms with E-state index in [9.17, 15) is 4.79 Å². The molecule has 1 aliphatic rings. The summed E-state index contributed by atoms with van der Waals surface area (Å²) in [5, 5.41) is 0.474. The van der Waals surface area contributed by atoms with E-state index in [0.717, 1.165) is 25.0 Å². The number of hydrogen-bond acceptors (Lipinski definition) is 5. The van der Waals surface area contributed by atoms with Crippen LogP contribution in [0.3, 0.4) is 0 Å². The number of nitrogens with two attached hydrogens (primary N) is 1. The standard InChI is InChI=1S/C16H27N3O2S/c1-4-13-14(22-16(17)18-13)15(20)19-8-9-21-12(10-19)7-5-6-11(2)3/h11-12H,4-10H2,1-3H3,(H2,17,18). The Morgan fingerprint density at radius 3 is 3.00 bits per heavy atom. The first-order valence-electron chi connectivity index (χ1n) is 8.17. The highest BCUT2D eigenvalue weighted by Gasteiger charge is 2.27. The van der Waals surface area contributed by atoms with Crippen LogP contribution in [0.5, 0.6) is 0 Å². The van der Waals surface area contributed by atoms with E-state index in [1.165, 1.54) is 17.8 Å². The van der Waals surface area contributed by atoms with Gasteiger partial charge in [0, 0.05) is 13.1 Å². The molecule has 1 unspecified atom stereocenters. The number of hydrogen-bond donors (Lipinski definition) is 1. The molecule has 1 saturated heterocycles. The molecule has 22 heavy (non-hydrogen) atoms. The number of thiazole rings is 1. The number of nitrogens with zero attached hydrogens (tertiary/aromatic N) is 2. The minimum absolute atomic E-state index is 0.0585. The Labute approximate surface area is 136 Å². The van der Waals surface area contributed by atoms with Gasteiger partial charge in [0.1, 0.15) is 4.88 Å². The molecule has 1 amide bonds. The number of nitrogen functional groups attached to an aromatic ring is 1. The Hall–Kier alpha value is -1.14. The number of aromatic nitrogens is 1. The molecule has 0 bridgehead atoms. The molecular weight excluding hydrogens is 298 g/mol. The molecular formula is C16H27N3O2S. The van der Waals surface area contributed by atoms with Gasteiger partial charge in [0.2, 0.25) is 0 Å². The lowest BCUT2D eigenvalue weighted by atomic mass is 10.0. The molecule has 2 heterocycles. The highest BCUT2D eigenvalue weighted by Crippen LogP contribution is 2.24. The molecule has 0 saturated carbocycles. The summed E-state index contributed by atoms with van der Waals surface area (Å²) in [7, 11) is 0. The molecule has 124 valence electrons. The third-order valence-electron chi connectivity index (χ3n) is 3.98. The van der Waals surface area contributed by atoms with Gasteiger partial charge in [-0.2, -0.15) is 0 Å². The second-order valence-corrected chi connectivity index (χ2v) is 7.28. The van der Waals surface area contributed by atoms with Crippen LogP contribution in [0.25, 0.3) is 0 Å². The van der Waals surface area contributed by atoms with Crippen LogP contribution in [0.1, 0.15) is 55.4 Å². The van der Waals surface area contributed by atoms with Crippen LogP contribution in [-0.2, 0) is 11.2 Å². The van der Waals surface area contributed by atoms with Gasteiger partial charge >= 0.3 is 0 Å². The van der Waals surface area contributed by atoms with Crippen LogP contribution in [0, 0.1) is 5.92 Å². The zero-order valence-corrected chi connectivity index (χ0v) is 14.6. The number of carbonyl (C=O) groups excluding carboxylic acids is 1. The van der Waals surface area contributed by atoms with E-state index in [1.807, 2.05) is 11.8 Å². The fraction of sp³-hybridized carbons (Fsp3) is 0.750. The average molecular weight is 325 g/mol. The van der Waals surface area contributed by atoms with Gasteiger partial charge in [-0.15, -0.1) is 0 Å². The summed E-state index contributed by atoms with van der Waals surface area (Å²) in [5.41, 5.74) is 6.57. The normalized spacial score (nSPS) is 18.9. The van der Waals surface area contributed by atoms with Gasteiger partial charge in [-0.1, -0.05) is 44.9 Å². The molecule has 1 aliphatic heterocycles. The van der Waals surface area contributed by atoms with Crippen LogP contribution in [0.15, 0.2) is 0 Å². The van der Waals surface area contributed by atoms with E-state index >= 15 is 0 Å². The molecule has 1 fully saturated rings.